The maximum Gasteiger partial charge on any atom is 0.225 e. The van der Waals surface area contributed by atoms with Crippen molar-refractivity contribution in [3.8, 4) is 0 Å². The van der Waals surface area contributed by atoms with Gasteiger partial charge >= 0.3 is 0 Å². The molecule has 0 aromatic heterocycles. The van der Waals surface area contributed by atoms with Crippen molar-refractivity contribution in [3.05, 3.63) is 0 Å². The number of piperidine rings is 1. The molecule has 0 atom stereocenters. The zero-order valence-electron chi connectivity index (χ0n) is 12.2. The van der Waals surface area contributed by atoms with Gasteiger partial charge in [-0.25, -0.2) is 0 Å². The molecule has 1 N–H and O–H groups in total. The lowest BCUT2D eigenvalue weighted by Crippen LogP contribution is -2.45. The average molecular weight is 252 g/mol. The van der Waals surface area contributed by atoms with Crippen LogP contribution in [0.3, 0.4) is 0 Å². The van der Waals surface area contributed by atoms with Crippen LogP contribution in [-0.4, -0.2) is 37.0 Å². The Morgan fingerprint density at radius 3 is 2.22 bits per heavy atom. The molecule has 2 aliphatic rings. The highest BCUT2D eigenvalue weighted by molar-refractivity contribution is 5.79. The molecule has 0 aromatic carbocycles. The lowest BCUT2D eigenvalue weighted by atomic mass is 9.75. The van der Waals surface area contributed by atoms with Crippen LogP contribution < -0.4 is 5.32 Å². The summed E-state index contributed by atoms with van der Waals surface area (Å²) in [7, 11) is 2.02. The van der Waals surface area contributed by atoms with Crippen LogP contribution in [0.1, 0.15) is 52.4 Å². The predicted molar refractivity (Wildman–Crippen MR) is 74.4 cm³/mol. The van der Waals surface area contributed by atoms with Crippen LogP contribution >= 0.6 is 0 Å². The van der Waals surface area contributed by atoms with Crippen molar-refractivity contribution in [2.75, 3.05) is 20.1 Å². The smallest absolute Gasteiger partial charge is 0.225 e. The summed E-state index contributed by atoms with van der Waals surface area (Å²) in [5.41, 5.74) is 0.481. The SMILES string of the molecule is CN(C(=O)C1CCNCC1)C1CCC(C)(C)CC1. The second kappa shape index (κ2) is 5.60. The molecule has 3 nitrogen and oxygen atoms in total. The van der Waals surface area contributed by atoms with Gasteiger partial charge < -0.3 is 10.2 Å². The van der Waals surface area contributed by atoms with E-state index in [9.17, 15) is 4.79 Å². The van der Waals surface area contributed by atoms with E-state index in [1.165, 1.54) is 25.7 Å². The average Bonchev–Trinajstić information content (AvgIpc) is 2.38. The number of hydrogen-bond donors (Lipinski definition) is 1. The summed E-state index contributed by atoms with van der Waals surface area (Å²) in [4.78, 5) is 14.5. The van der Waals surface area contributed by atoms with Crippen molar-refractivity contribution < 1.29 is 4.79 Å². The van der Waals surface area contributed by atoms with Gasteiger partial charge in [-0.15, -0.1) is 0 Å². The largest absolute Gasteiger partial charge is 0.343 e. The van der Waals surface area contributed by atoms with Crippen molar-refractivity contribution in [1.29, 1.82) is 0 Å². The van der Waals surface area contributed by atoms with Crippen molar-refractivity contribution in [2.45, 2.75) is 58.4 Å². The molecule has 104 valence electrons. The van der Waals surface area contributed by atoms with Crippen LogP contribution in [0.4, 0.5) is 0 Å². The van der Waals surface area contributed by atoms with Crippen molar-refractivity contribution in [2.24, 2.45) is 11.3 Å². The van der Waals surface area contributed by atoms with Gasteiger partial charge in [0.05, 0.1) is 0 Å². The van der Waals surface area contributed by atoms with Crippen molar-refractivity contribution >= 4 is 5.91 Å². The Bertz CT molecular complexity index is 285. The minimum Gasteiger partial charge on any atom is -0.343 e. The first-order chi connectivity index (χ1) is 8.49. The monoisotopic (exact) mass is 252 g/mol. The first kappa shape index (κ1) is 13.9. The van der Waals surface area contributed by atoms with Gasteiger partial charge in [0.1, 0.15) is 0 Å². The van der Waals surface area contributed by atoms with Gasteiger partial charge in [0.25, 0.3) is 0 Å². The first-order valence-corrected chi connectivity index (χ1v) is 7.47. The van der Waals surface area contributed by atoms with E-state index in [2.05, 4.69) is 24.1 Å². The van der Waals surface area contributed by atoms with Gasteiger partial charge in [0, 0.05) is 19.0 Å². The summed E-state index contributed by atoms with van der Waals surface area (Å²) < 4.78 is 0. The molecule has 0 spiro atoms. The van der Waals surface area contributed by atoms with Gasteiger partial charge in [-0.1, -0.05) is 13.8 Å². The third-order valence-corrected chi connectivity index (χ3v) is 4.89. The maximum absolute atomic E-state index is 12.5. The number of carbonyl (C=O) groups excluding carboxylic acids is 1. The molecule has 0 unspecified atom stereocenters. The fourth-order valence-corrected chi connectivity index (χ4v) is 3.31. The Balaban J connectivity index is 1.87. The van der Waals surface area contributed by atoms with E-state index in [0.717, 1.165) is 25.9 Å². The number of amides is 1. The molecular weight excluding hydrogens is 224 g/mol. The fraction of sp³-hybridized carbons (Fsp3) is 0.933. The van der Waals surface area contributed by atoms with Crippen LogP contribution in [0, 0.1) is 11.3 Å². The second-order valence-corrected chi connectivity index (χ2v) is 6.87. The van der Waals surface area contributed by atoms with E-state index >= 15 is 0 Å². The Labute approximate surface area is 111 Å². The number of hydrogen-bond acceptors (Lipinski definition) is 2. The van der Waals surface area contributed by atoms with Crippen LogP contribution in [0.5, 0.6) is 0 Å². The van der Waals surface area contributed by atoms with E-state index < -0.39 is 0 Å². The molecule has 2 rings (SSSR count). The molecule has 18 heavy (non-hydrogen) atoms. The summed E-state index contributed by atoms with van der Waals surface area (Å²) in [6.07, 6.45) is 6.90. The number of rotatable bonds is 2. The third-order valence-electron chi connectivity index (χ3n) is 4.89. The maximum atomic E-state index is 12.5. The number of carbonyl (C=O) groups is 1. The standard InChI is InChI=1S/C15H28N2O/c1-15(2)8-4-13(5-9-15)17(3)14(18)12-6-10-16-11-7-12/h12-13,16H,4-11H2,1-3H3. The molecule has 0 radical (unpaired) electrons. The highest BCUT2D eigenvalue weighted by atomic mass is 16.2. The molecule has 1 heterocycles. The van der Waals surface area contributed by atoms with Crippen molar-refractivity contribution in [1.82, 2.24) is 10.2 Å². The van der Waals surface area contributed by atoms with E-state index in [0.29, 0.717) is 17.4 Å². The molecule has 0 bridgehead atoms. The lowest BCUT2D eigenvalue weighted by Gasteiger charge is -2.40. The fourth-order valence-electron chi connectivity index (χ4n) is 3.31. The Hall–Kier alpha value is -0.570. The summed E-state index contributed by atoms with van der Waals surface area (Å²) in [6.45, 7) is 6.69. The van der Waals surface area contributed by atoms with Gasteiger partial charge in [0.15, 0.2) is 0 Å². The minimum atomic E-state index is 0.270. The van der Waals surface area contributed by atoms with E-state index in [1.807, 2.05) is 7.05 Å². The van der Waals surface area contributed by atoms with Gasteiger partial charge in [0.2, 0.25) is 5.91 Å². The molecule has 3 heteroatoms. The molecule has 2 fully saturated rings. The number of nitrogens with one attached hydrogen (secondary N) is 1. The minimum absolute atomic E-state index is 0.270. The quantitative estimate of drug-likeness (QED) is 0.818. The lowest BCUT2D eigenvalue weighted by molar-refractivity contribution is -0.138. The number of nitrogens with zero attached hydrogens (tertiary/aromatic N) is 1. The van der Waals surface area contributed by atoms with E-state index in [-0.39, 0.29) is 5.92 Å². The van der Waals surface area contributed by atoms with Crippen molar-refractivity contribution in [3.63, 3.8) is 0 Å². The first-order valence-electron chi connectivity index (χ1n) is 7.47. The Kier molecular flexibility index (Phi) is 4.31. The zero-order chi connectivity index (χ0) is 13.2. The molecule has 1 aliphatic carbocycles. The van der Waals surface area contributed by atoms with Crippen LogP contribution in [0.25, 0.3) is 0 Å². The Morgan fingerprint density at radius 1 is 1.11 bits per heavy atom. The molecular formula is C15H28N2O. The normalized spacial score (nSPS) is 25.9. The Morgan fingerprint density at radius 2 is 1.67 bits per heavy atom. The second-order valence-electron chi connectivity index (χ2n) is 6.87. The van der Waals surface area contributed by atoms with E-state index in [1.54, 1.807) is 0 Å². The predicted octanol–water partition coefficient (Wildman–Crippen LogP) is 2.41. The van der Waals surface area contributed by atoms with E-state index in [4.69, 9.17) is 0 Å². The van der Waals surface area contributed by atoms with Gasteiger partial charge in [-0.2, -0.15) is 0 Å². The summed E-state index contributed by atoms with van der Waals surface area (Å²) in [5.74, 6) is 0.660. The third kappa shape index (κ3) is 3.25. The zero-order valence-corrected chi connectivity index (χ0v) is 12.2. The molecule has 1 saturated carbocycles. The topological polar surface area (TPSA) is 32.3 Å². The molecule has 0 aromatic rings. The summed E-state index contributed by atoms with van der Waals surface area (Å²) in [5, 5.41) is 3.33. The highest BCUT2D eigenvalue weighted by Crippen LogP contribution is 2.37. The summed E-state index contributed by atoms with van der Waals surface area (Å²) >= 11 is 0. The van der Waals surface area contributed by atoms with Gasteiger partial charge in [-0.3, -0.25) is 4.79 Å². The molecule has 1 aliphatic heterocycles. The molecule has 1 saturated heterocycles. The van der Waals surface area contributed by atoms with Crippen LogP contribution in [-0.2, 0) is 4.79 Å². The van der Waals surface area contributed by atoms with Crippen LogP contribution in [0.15, 0.2) is 0 Å². The van der Waals surface area contributed by atoms with Crippen LogP contribution in [0.2, 0.25) is 0 Å². The summed E-state index contributed by atoms with van der Waals surface area (Å²) in [6, 6.07) is 0.486. The van der Waals surface area contributed by atoms with Gasteiger partial charge in [-0.05, 0) is 57.0 Å². The molecule has 1 amide bonds. The highest BCUT2D eigenvalue weighted by Gasteiger charge is 2.33.